The van der Waals surface area contributed by atoms with E-state index >= 15 is 0 Å². The minimum absolute atomic E-state index is 0.286. The zero-order valence-electron chi connectivity index (χ0n) is 10.1. The van der Waals surface area contributed by atoms with Crippen LogP contribution in [0.1, 0.15) is 31.0 Å². The summed E-state index contributed by atoms with van der Waals surface area (Å²) in [6.07, 6.45) is 0. The largest absolute Gasteiger partial charge is 0.381 e. The molecule has 2 N–H and O–H groups in total. The summed E-state index contributed by atoms with van der Waals surface area (Å²) in [6.45, 7) is 6.21. The smallest absolute Gasteiger partial charge is 0.169 e. The van der Waals surface area contributed by atoms with E-state index in [0.717, 1.165) is 21.4 Å². The molecule has 0 fully saturated rings. The maximum absolute atomic E-state index is 5.84. The highest BCUT2D eigenvalue weighted by molar-refractivity contribution is 9.10. The van der Waals surface area contributed by atoms with Crippen molar-refractivity contribution in [3.63, 3.8) is 0 Å². The van der Waals surface area contributed by atoms with Crippen molar-refractivity contribution < 1.29 is 0 Å². The second-order valence-corrected chi connectivity index (χ2v) is 5.21. The highest BCUT2D eigenvalue weighted by Gasteiger charge is 2.15. The molecule has 90 valence electrons. The summed E-state index contributed by atoms with van der Waals surface area (Å²) in [4.78, 5) is 0. The van der Waals surface area contributed by atoms with E-state index in [-0.39, 0.29) is 5.92 Å². The van der Waals surface area contributed by atoms with Gasteiger partial charge in [0.25, 0.3) is 0 Å². The first-order chi connectivity index (χ1) is 8.00. The lowest BCUT2D eigenvalue weighted by atomic mass is 10.1. The number of nitrogens with zero attached hydrogens (tertiary/aromatic N) is 3. The Morgan fingerprint density at radius 1 is 1.35 bits per heavy atom. The summed E-state index contributed by atoms with van der Waals surface area (Å²) in [5.74, 6) is 0.787. The van der Waals surface area contributed by atoms with E-state index in [9.17, 15) is 0 Å². The van der Waals surface area contributed by atoms with Gasteiger partial charge in [0.15, 0.2) is 5.82 Å². The summed E-state index contributed by atoms with van der Waals surface area (Å²) in [6, 6.07) is 6.06. The standard InChI is InChI=1S/C12H15BrN4/c1-7(2)11-12(14)15-16-17(11)9-4-5-10(13)8(3)6-9/h4-7H,14H2,1-3H3. The van der Waals surface area contributed by atoms with Gasteiger partial charge in [0, 0.05) is 4.47 Å². The van der Waals surface area contributed by atoms with Crippen LogP contribution in [0.5, 0.6) is 0 Å². The van der Waals surface area contributed by atoms with E-state index < -0.39 is 0 Å². The average molecular weight is 295 g/mol. The van der Waals surface area contributed by atoms with E-state index in [0.29, 0.717) is 5.82 Å². The van der Waals surface area contributed by atoms with Crippen LogP contribution in [0.4, 0.5) is 5.82 Å². The second-order valence-electron chi connectivity index (χ2n) is 4.36. The van der Waals surface area contributed by atoms with Crippen LogP contribution in [-0.4, -0.2) is 15.0 Å². The maximum atomic E-state index is 5.84. The van der Waals surface area contributed by atoms with Gasteiger partial charge in [0.2, 0.25) is 0 Å². The fourth-order valence-electron chi connectivity index (χ4n) is 1.79. The van der Waals surface area contributed by atoms with Gasteiger partial charge in [-0.2, -0.15) is 0 Å². The molecule has 0 saturated carbocycles. The predicted octanol–water partition coefficient (Wildman–Crippen LogP) is 3.04. The molecule has 0 unspecified atom stereocenters. The first-order valence-corrected chi connectivity index (χ1v) is 6.27. The lowest BCUT2D eigenvalue weighted by Gasteiger charge is -2.10. The Hall–Kier alpha value is -1.36. The van der Waals surface area contributed by atoms with Crippen LogP contribution in [0.25, 0.3) is 5.69 Å². The normalized spacial score (nSPS) is 11.1. The second kappa shape index (κ2) is 4.49. The molecule has 1 aromatic carbocycles. The zero-order chi connectivity index (χ0) is 12.6. The molecule has 1 heterocycles. The molecule has 4 nitrogen and oxygen atoms in total. The van der Waals surface area contributed by atoms with Gasteiger partial charge in [-0.15, -0.1) is 5.10 Å². The van der Waals surface area contributed by atoms with Gasteiger partial charge < -0.3 is 5.73 Å². The Bertz CT molecular complexity index is 545. The number of hydrogen-bond donors (Lipinski definition) is 1. The average Bonchev–Trinajstić information content (AvgIpc) is 2.64. The quantitative estimate of drug-likeness (QED) is 0.926. The lowest BCUT2D eigenvalue weighted by Crippen LogP contribution is -2.05. The van der Waals surface area contributed by atoms with Crippen LogP contribution in [0.15, 0.2) is 22.7 Å². The molecule has 0 radical (unpaired) electrons. The molecule has 0 saturated heterocycles. The molecule has 1 aromatic heterocycles. The van der Waals surface area contributed by atoms with Gasteiger partial charge in [0.1, 0.15) is 0 Å². The Kier molecular flexibility index (Phi) is 3.19. The van der Waals surface area contributed by atoms with Crippen LogP contribution >= 0.6 is 15.9 Å². The Balaban J connectivity index is 2.56. The molecule has 0 amide bonds. The van der Waals surface area contributed by atoms with Crippen molar-refractivity contribution in [2.45, 2.75) is 26.7 Å². The van der Waals surface area contributed by atoms with Crippen LogP contribution in [0.3, 0.4) is 0 Å². The van der Waals surface area contributed by atoms with Crippen molar-refractivity contribution in [1.29, 1.82) is 0 Å². The van der Waals surface area contributed by atoms with Crippen molar-refractivity contribution in [2.24, 2.45) is 0 Å². The van der Waals surface area contributed by atoms with Crippen molar-refractivity contribution in [2.75, 3.05) is 5.73 Å². The highest BCUT2D eigenvalue weighted by Crippen LogP contribution is 2.25. The number of rotatable bonds is 2. The molecule has 17 heavy (non-hydrogen) atoms. The molecule has 0 aliphatic heterocycles. The fourth-order valence-corrected chi connectivity index (χ4v) is 2.04. The third kappa shape index (κ3) is 2.20. The zero-order valence-corrected chi connectivity index (χ0v) is 11.7. The first-order valence-electron chi connectivity index (χ1n) is 5.48. The van der Waals surface area contributed by atoms with Gasteiger partial charge in [-0.3, -0.25) is 0 Å². The number of anilines is 1. The Morgan fingerprint density at radius 3 is 2.65 bits per heavy atom. The third-order valence-electron chi connectivity index (χ3n) is 2.67. The van der Waals surface area contributed by atoms with E-state index in [1.165, 1.54) is 0 Å². The van der Waals surface area contributed by atoms with E-state index in [1.807, 2.05) is 19.1 Å². The molecule has 0 aliphatic carbocycles. The van der Waals surface area contributed by atoms with Gasteiger partial charge in [-0.1, -0.05) is 35.0 Å². The molecule has 2 rings (SSSR count). The minimum atomic E-state index is 0.286. The molecule has 0 bridgehead atoms. The molecule has 0 spiro atoms. The van der Waals surface area contributed by atoms with Crippen LogP contribution in [0.2, 0.25) is 0 Å². The van der Waals surface area contributed by atoms with Gasteiger partial charge in [-0.25, -0.2) is 4.68 Å². The van der Waals surface area contributed by atoms with Crippen molar-refractivity contribution >= 4 is 21.7 Å². The Morgan fingerprint density at radius 2 is 2.06 bits per heavy atom. The van der Waals surface area contributed by atoms with E-state index in [4.69, 9.17) is 5.73 Å². The summed E-state index contributed by atoms with van der Waals surface area (Å²) in [5, 5.41) is 8.05. The van der Waals surface area contributed by atoms with E-state index in [2.05, 4.69) is 46.2 Å². The lowest BCUT2D eigenvalue weighted by molar-refractivity contribution is 0.715. The Labute approximate surface area is 109 Å². The summed E-state index contributed by atoms with van der Waals surface area (Å²) in [5.41, 5.74) is 8.94. The molecule has 0 aliphatic rings. The SMILES string of the molecule is Cc1cc(-n2nnc(N)c2C(C)C)ccc1Br. The summed E-state index contributed by atoms with van der Waals surface area (Å²) < 4.78 is 2.89. The molecule has 5 heteroatoms. The highest BCUT2D eigenvalue weighted by atomic mass is 79.9. The number of aromatic nitrogens is 3. The van der Waals surface area contributed by atoms with Crippen LogP contribution < -0.4 is 5.73 Å². The minimum Gasteiger partial charge on any atom is -0.381 e. The number of nitrogen functional groups attached to an aromatic ring is 1. The molecular formula is C12H15BrN4. The molecule has 0 atom stereocenters. The molecular weight excluding hydrogens is 280 g/mol. The summed E-state index contributed by atoms with van der Waals surface area (Å²) in [7, 11) is 0. The van der Waals surface area contributed by atoms with Gasteiger partial charge in [-0.05, 0) is 36.6 Å². The third-order valence-corrected chi connectivity index (χ3v) is 3.56. The van der Waals surface area contributed by atoms with Crippen LogP contribution in [-0.2, 0) is 0 Å². The number of halogens is 1. The fraction of sp³-hybridized carbons (Fsp3) is 0.333. The molecule has 2 aromatic rings. The van der Waals surface area contributed by atoms with Crippen molar-refractivity contribution in [1.82, 2.24) is 15.0 Å². The topological polar surface area (TPSA) is 56.7 Å². The first kappa shape index (κ1) is 12.1. The number of aryl methyl sites for hydroxylation is 1. The van der Waals surface area contributed by atoms with Crippen molar-refractivity contribution in [3.8, 4) is 5.69 Å². The monoisotopic (exact) mass is 294 g/mol. The van der Waals surface area contributed by atoms with Gasteiger partial charge >= 0.3 is 0 Å². The number of nitrogens with two attached hydrogens (primary N) is 1. The number of benzene rings is 1. The van der Waals surface area contributed by atoms with Crippen molar-refractivity contribution in [3.05, 3.63) is 33.9 Å². The van der Waals surface area contributed by atoms with Gasteiger partial charge in [0.05, 0.1) is 11.4 Å². The van der Waals surface area contributed by atoms with E-state index in [1.54, 1.807) is 4.68 Å². The van der Waals surface area contributed by atoms with Crippen LogP contribution in [0, 0.1) is 6.92 Å². The predicted molar refractivity (Wildman–Crippen MR) is 72.3 cm³/mol. The maximum Gasteiger partial charge on any atom is 0.169 e. The number of hydrogen-bond acceptors (Lipinski definition) is 3. The summed E-state index contributed by atoms with van der Waals surface area (Å²) >= 11 is 3.48.